The summed E-state index contributed by atoms with van der Waals surface area (Å²) in [6, 6.07) is 22.6. The molecule has 3 aromatic rings. The number of rotatable bonds is 8. The van der Waals surface area contributed by atoms with Gasteiger partial charge in [-0.15, -0.1) is 0 Å². The minimum Gasteiger partial charge on any atom is -0.493 e. The molecule has 0 saturated heterocycles. The molecule has 1 heterocycles. The molecule has 0 unspecified atom stereocenters. The normalized spacial score (nSPS) is 14.5. The summed E-state index contributed by atoms with van der Waals surface area (Å²) in [6.45, 7) is 0.629. The smallest absolute Gasteiger partial charge is 0.262 e. The fourth-order valence-corrected chi connectivity index (χ4v) is 3.96. The van der Waals surface area contributed by atoms with Crippen molar-refractivity contribution in [2.45, 2.75) is 18.9 Å². The molecule has 0 bridgehead atoms. The second-order valence-electron chi connectivity index (χ2n) is 7.97. The van der Waals surface area contributed by atoms with Gasteiger partial charge in [-0.2, -0.15) is 0 Å². The first-order valence-electron chi connectivity index (χ1n) is 11.2. The van der Waals surface area contributed by atoms with Crippen LogP contribution in [0.25, 0.3) is 0 Å². The second kappa shape index (κ2) is 10.7. The SMILES string of the molecule is COc1ccc(CC(=O)N2C[C@@H](C(=O)NCCc3ccccc3)Oc3ccccc32)cc1OC. The average molecular weight is 461 g/mol. The van der Waals surface area contributed by atoms with Crippen LogP contribution in [0, 0.1) is 0 Å². The van der Waals surface area contributed by atoms with Gasteiger partial charge in [-0.3, -0.25) is 9.59 Å². The Bertz CT molecular complexity index is 1150. The van der Waals surface area contributed by atoms with Crippen molar-refractivity contribution in [1.29, 1.82) is 0 Å². The third-order valence-corrected chi connectivity index (χ3v) is 5.73. The van der Waals surface area contributed by atoms with Crippen molar-refractivity contribution >= 4 is 17.5 Å². The topological polar surface area (TPSA) is 77.1 Å². The average Bonchev–Trinajstić information content (AvgIpc) is 2.88. The van der Waals surface area contributed by atoms with Gasteiger partial charge in [0.1, 0.15) is 5.75 Å². The van der Waals surface area contributed by atoms with E-state index in [-0.39, 0.29) is 24.8 Å². The minimum absolute atomic E-state index is 0.134. The van der Waals surface area contributed by atoms with E-state index in [2.05, 4.69) is 5.32 Å². The number of carbonyl (C=O) groups excluding carboxylic acids is 2. The van der Waals surface area contributed by atoms with Crippen LogP contribution in [0.3, 0.4) is 0 Å². The first-order chi connectivity index (χ1) is 16.6. The summed E-state index contributed by atoms with van der Waals surface area (Å²) >= 11 is 0. The molecule has 7 nitrogen and oxygen atoms in total. The minimum atomic E-state index is -0.792. The predicted octanol–water partition coefficient (Wildman–Crippen LogP) is 3.40. The van der Waals surface area contributed by atoms with Gasteiger partial charge in [0.2, 0.25) is 5.91 Å². The Morgan fingerprint density at radius 1 is 0.941 bits per heavy atom. The van der Waals surface area contributed by atoms with E-state index in [9.17, 15) is 9.59 Å². The number of carbonyl (C=O) groups is 2. The molecule has 7 heteroatoms. The zero-order valence-electron chi connectivity index (χ0n) is 19.3. The monoisotopic (exact) mass is 460 g/mol. The Morgan fingerprint density at radius 3 is 2.44 bits per heavy atom. The van der Waals surface area contributed by atoms with E-state index < -0.39 is 6.10 Å². The lowest BCUT2D eigenvalue weighted by atomic mass is 10.1. The highest BCUT2D eigenvalue weighted by molar-refractivity contribution is 5.98. The lowest BCUT2D eigenvalue weighted by molar-refractivity contribution is -0.128. The van der Waals surface area contributed by atoms with E-state index >= 15 is 0 Å². The number of amides is 2. The molecule has 4 rings (SSSR count). The zero-order chi connectivity index (χ0) is 23.9. The summed E-state index contributed by atoms with van der Waals surface area (Å²) < 4.78 is 16.6. The maximum atomic E-state index is 13.3. The number of nitrogens with one attached hydrogen (secondary N) is 1. The summed E-state index contributed by atoms with van der Waals surface area (Å²) in [5.74, 6) is 1.30. The van der Waals surface area contributed by atoms with Gasteiger partial charge in [0, 0.05) is 6.54 Å². The van der Waals surface area contributed by atoms with Crippen LogP contribution in [-0.4, -0.2) is 45.2 Å². The van der Waals surface area contributed by atoms with Crippen LogP contribution in [0.5, 0.6) is 17.2 Å². The molecular formula is C27H28N2O5. The molecule has 1 aliphatic rings. The van der Waals surface area contributed by atoms with Crippen molar-refractivity contribution in [3.05, 3.63) is 83.9 Å². The summed E-state index contributed by atoms with van der Waals surface area (Å²) in [5, 5.41) is 2.94. The highest BCUT2D eigenvalue weighted by Crippen LogP contribution is 2.34. The lowest BCUT2D eigenvalue weighted by Crippen LogP contribution is -2.51. The number of fused-ring (bicyclic) bond motifs is 1. The van der Waals surface area contributed by atoms with Gasteiger partial charge in [-0.05, 0) is 41.8 Å². The summed E-state index contributed by atoms with van der Waals surface area (Å²) in [6.07, 6.45) is 0.0783. The van der Waals surface area contributed by atoms with Gasteiger partial charge in [-0.25, -0.2) is 0 Å². The number of methoxy groups -OCH3 is 2. The highest BCUT2D eigenvalue weighted by Gasteiger charge is 2.33. The van der Waals surface area contributed by atoms with Crippen molar-refractivity contribution in [2.75, 3.05) is 32.2 Å². The third-order valence-electron chi connectivity index (χ3n) is 5.73. The van der Waals surface area contributed by atoms with Crippen LogP contribution in [0.1, 0.15) is 11.1 Å². The molecule has 0 saturated carbocycles. The number of nitrogens with zero attached hydrogens (tertiary/aromatic N) is 1. The van der Waals surface area contributed by atoms with Crippen LogP contribution in [0.4, 0.5) is 5.69 Å². The zero-order valence-corrected chi connectivity index (χ0v) is 19.3. The van der Waals surface area contributed by atoms with Gasteiger partial charge in [-0.1, -0.05) is 48.5 Å². The molecule has 176 valence electrons. The van der Waals surface area contributed by atoms with Crippen molar-refractivity contribution in [1.82, 2.24) is 5.32 Å². The molecule has 0 spiro atoms. The molecule has 2 amide bonds. The van der Waals surface area contributed by atoms with E-state index in [0.717, 1.165) is 17.5 Å². The van der Waals surface area contributed by atoms with Crippen molar-refractivity contribution < 1.29 is 23.8 Å². The van der Waals surface area contributed by atoms with E-state index in [1.165, 1.54) is 0 Å². The Morgan fingerprint density at radius 2 is 1.68 bits per heavy atom. The molecule has 1 N–H and O–H groups in total. The number of benzene rings is 3. The third kappa shape index (κ3) is 5.31. The van der Waals surface area contributed by atoms with Gasteiger partial charge >= 0.3 is 0 Å². The van der Waals surface area contributed by atoms with Crippen LogP contribution in [-0.2, 0) is 22.4 Å². The summed E-state index contributed by atoms with van der Waals surface area (Å²) in [4.78, 5) is 27.8. The van der Waals surface area contributed by atoms with Gasteiger partial charge in [0.25, 0.3) is 5.91 Å². The lowest BCUT2D eigenvalue weighted by Gasteiger charge is -2.34. The van der Waals surface area contributed by atoms with E-state index in [0.29, 0.717) is 29.5 Å². The molecule has 1 atom stereocenters. The number of ether oxygens (including phenoxy) is 3. The summed E-state index contributed by atoms with van der Waals surface area (Å²) in [7, 11) is 3.13. The second-order valence-corrected chi connectivity index (χ2v) is 7.97. The number of hydrogen-bond donors (Lipinski definition) is 1. The van der Waals surface area contributed by atoms with Gasteiger partial charge in [0.05, 0.1) is 32.9 Å². The molecule has 3 aromatic carbocycles. The summed E-state index contributed by atoms with van der Waals surface area (Å²) in [5.41, 5.74) is 2.58. The Balaban J connectivity index is 1.46. The quantitative estimate of drug-likeness (QED) is 0.558. The molecule has 0 fully saturated rings. The largest absolute Gasteiger partial charge is 0.493 e. The van der Waals surface area contributed by atoms with Crippen LogP contribution < -0.4 is 24.4 Å². The Kier molecular flexibility index (Phi) is 7.32. The van der Waals surface area contributed by atoms with Gasteiger partial charge < -0.3 is 24.4 Å². The maximum absolute atomic E-state index is 13.3. The number of para-hydroxylation sites is 2. The molecule has 0 aromatic heterocycles. The highest BCUT2D eigenvalue weighted by atomic mass is 16.5. The van der Waals surface area contributed by atoms with Crippen molar-refractivity contribution in [2.24, 2.45) is 0 Å². The molecule has 1 aliphatic heterocycles. The molecule has 34 heavy (non-hydrogen) atoms. The number of anilines is 1. The molecule has 0 aliphatic carbocycles. The fourth-order valence-electron chi connectivity index (χ4n) is 3.96. The van der Waals surface area contributed by atoms with E-state index in [1.54, 1.807) is 37.3 Å². The van der Waals surface area contributed by atoms with Crippen molar-refractivity contribution in [3.63, 3.8) is 0 Å². The van der Waals surface area contributed by atoms with Crippen LogP contribution in [0.2, 0.25) is 0 Å². The van der Waals surface area contributed by atoms with Crippen molar-refractivity contribution in [3.8, 4) is 17.2 Å². The Hall–Kier alpha value is -4.00. The van der Waals surface area contributed by atoms with Gasteiger partial charge in [0.15, 0.2) is 17.6 Å². The standard InChI is InChI=1S/C27H28N2O5/c1-32-23-13-12-20(16-24(23)33-2)17-26(30)29-18-25(34-22-11-7-6-10-21(22)29)27(31)28-15-14-19-8-4-3-5-9-19/h3-13,16,25H,14-15,17-18H2,1-2H3,(H,28,31)/t25-/m0/s1. The fraction of sp³-hybridized carbons (Fsp3) is 0.259. The van der Waals surface area contributed by atoms with Crippen LogP contribution >= 0.6 is 0 Å². The molecule has 0 radical (unpaired) electrons. The Labute approximate surface area is 199 Å². The molecular weight excluding hydrogens is 432 g/mol. The first kappa shape index (κ1) is 23.2. The van der Waals surface area contributed by atoms with E-state index in [1.807, 2.05) is 54.6 Å². The number of hydrogen-bond acceptors (Lipinski definition) is 5. The predicted molar refractivity (Wildman–Crippen MR) is 130 cm³/mol. The maximum Gasteiger partial charge on any atom is 0.262 e. The van der Waals surface area contributed by atoms with Crippen LogP contribution in [0.15, 0.2) is 72.8 Å². The first-order valence-corrected chi connectivity index (χ1v) is 11.2. The van der Waals surface area contributed by atoms with E-state index in [4.69, 9.17) is 14.2 Å².